The van der Waals surface area contributed by atoms with Gasteiger partial charge in [-0.05, 0) is 38.1 Å². The van der Waals surface area contributed by atoms with Gasteiger partial charge in [-0.3, -0.25) is 0 Å². The second kappa shape index (κ2) is 6.51. The Labute approximate surface area is 140 Å². The highest BCUT2D eigenvalue weighted by molar-refractivity contribution is 7.13. The van der Waals surface area contributed by atoms with E-state index in [0.717, 1.165) is 22.4 Å². The molecule has 3 aromatic rings. The van der Waals surface area contributed by atoms with E-state index >= 15 is 0 Å². The molecule has 0 saturated heterocycles. The smallest absolute Gasteiger partial charge is 0.231 e. The molecule has 0 radical (unpaired) electrons. The predicted octanol–water partition coefficient (Wildman–Crippen LogP) is 5.43. The molecule has 0 fully saturated rings. The first kappa shape index (κ1) is 15.1. The number of halogens is 1. The lowest BCUT2D eigenvalue weighted by atomic mass is 10.1. The highest BCUT2D eigenvalue weighted by Crippen LogP contribution is 2.26. The summed E-state index contributed by atoms with van der Waals surface area (Å²) in [6, 6.07) is 16.4. The average molecular weight is 330 g/mol. The van der Waals surface area contributed by atoms with Crippen LogP contribution in [0.1, 0.15) is 12.5 Å². The monoisotopic (exact) mass is 329 g/mol. The van der Waals surface area contributed by atoms with Crippen LogP contribution in [-0.4, -0.2) is 0 Å². The van der Waals surface area contributed by atoms with Gasteiger partial charge >= 0.3 is 5.13 Å². The van der Waals surface area contributed by atoms with Gasteiger partial charge in [-0.15, -0.1) is 0 Å². The molecule has 1 aromatic heterocycles. The van der Waals surface area contributed by atoms with Crippen molar-refractivity contribution in [2.75, 3.05) is 5.32 Å². The SMILES string of the molecule is CC[n+]1c(-c2ccc(C)cc2)csc1Nc1ccc(Cl)cc1. The van der Waals surface area contributed by atoms with Gasteiger partial charge in [0.2, 0.25) is 0 Å². The lowest BCUT2D eigenvalue weighted by Gasteiger charge is -2.04. The normalized spacial score (nSPS) is 10.7. The highest BCUT2D eigenvalue weighted by atomic mass is 35.5. The largest absolute Gasteiger partial charge is 0.339 e. The molecule has 0 aliphatic rings. The molecule has 0 atom stereocenters. The Balaban J connectivity index is 1.93. The molecule has 0 aliphatic carbocycles. The summed E-state index contributed by atoms with van der Waals surface area (Å²) in [6.07, 6.45) is 0. The fraction of sp³-hybridized carbons (Fsp3) is 0.167. The van der Waals surface area contributed by atoms with Crippen LogP contribution in [-0.2, 0) is 6.54 Å². The van der Waals surface area contributed by atoms with Crippen LogP contribution in [0.3, 0.4) is 0 Å². The van der Waals surface area contributed by atoms with Crippen LogP contribution >= 0.6 is 22.9 Å². The number of hydrogen-bond acceptors (Lipinski definition) is 2. The number of aromatic nitrogens is 1. The fourth-order valence-electron chi connectivity index (χ4n) is 2.36. The first-order chi connectivity index (χ1) is 10.7. The number of anilines is 2. The van der Waals surface area contributed by atoms with Crippen LogP contribution in [0.15, 0.2) is 53.9 Å². The second-order valence-electron chi connectivity index (χ2n) is 5.17. The number of benzene rings is 2. The molecule has 0 unspecified atom stereocenters. The Kier molecular flexibility index (Phi) is 4.46. The molecule has 4 heteroatoms. The maximum absolute atomic E-state index is 5.94. The molecule has 0 bridgehead atoms. The van der Waals surface area contributed by atoms with Gasteiger partial charge < -0.3 is 0 Å². The van der Waals surface area contributed by atoms with Crippen molar-refractivity contribution < 1.29 is 4.57 Å². The van der Waals surface area contributed by atoms with Crippen molar-refractivity contribution in [2.24, 2.45) is 0 Å². The van der Waals surface area contributed by atoms with Gasteiger partial charge in [0.05, 0.1) is 6.54 Å². The Morgan fingerprint density at radius 3 is 2.36 bits per heavy atom. The zero-order valence-corrected chi connectivity index (χ0v) is 14.2. The van der Waals surface area contributed by atoms with Crippen LogP contribution in [0.5, 0.6) is 0 Å². The molecule has 0 saturated carbocycles. The van der Waals surface area contributed by atoms with Crippen LogP contribution < -0.4 is 9.88 Å². The van der Waals surface area contributed by atoms with Crippen LogP contribution in [0, 0.1) is 6.92 Å². The molecule has 1 N–H and O–H groups in total. The summed E-state index contributed by atoms with van der Waals surface area (Å²) in [4.78, 5) is 0. The number of nitrogens with zero attached hydrogens (tertiary/aromatic N) is 1. The molecule has 0 aliphatic heterocycles. The van der Waals surface area contributed by atoms with Gasteiger partial charge in [-0.25, -0.2) is 9.88 Å². The number of hydrogen-bond donors (Lipinski definition) is 1. The van der Waals surface area contributed by atoms with E-state index in [1.807, 2.05) is 24.3 Å². The molecule has 1 heterocycles. The molecular weight excluding hydrogens is 312 g/mol. The van der Waals surface area contributed by atoms with Crippen molar-refractivity contribution in [1.82, 2.24) is 0 Å². The topological polar surface area (TPSA) is 15.9 Å². The van der Waals surface area contributed by atoms with E-state index in [1.165, 1.54) is 16.8 Å². The summed E-state index contributed by atoms with van der Waals surface area (Å²) in [7, 11) is 0. The van der Waals surface area contributed by atoms with E-state index < -0.39 is 0 Å². The lowest BCUT2D eigenvalue weighted by molar-refractivity contribution is -0.664. The van der Waals surface area contributed by atoms with Gasteiger partial charge in [0.1, 0.15) is 11.4 Å². The number of thiazole rings is 1. The Morgan fingerprint density at radius 1 is 1.05 bits per heavy atom. The summed E-state index contributed by atoms with van der Waals surface area (Å²) in [5.74, 6) is 0. The fourth-order valence-corrected chi connectivity index (χ4v) is 3.51. The summed E-state index contributed by atoms with van der Waals surface area (Å²) in [5, 5.41) is 7.55. The number of rotatable bonds is 4. The van der Waals surface area contributed by atoms with E-state index in [4.69, 9.17) is 11.6 Å². The Hall–Kier alpha value is -1.84. The molecule has 0 amide bonds. The molecule has 22 heavy (non-hydrogen) atoms. The summed E-state index contributed by atoms with van der Waals surface area (Å²) in [6.45, 7) is 5.19. The minimum Gasteiger partial charge on any atom is -0.231 e. The van der Waals surface area contributed by atoms with E-state index in [9.17, 15) is 0 Å². The Bertz CT molecular complexity index is 761. The third-order valence-electron chi connectivity index (χ3n) is 3.58. The summed E-state index contributed by atoms with van der Waals surface area (Å²) in [5.41, 5.74) is 4.81. The zero-order chi connectivity index (χ0) is 15.5. The van der Waals surface area contributed by atoms with Gasteiger partial charge in [0.25, 0.3) is 0 Å². The van der Waals surface area contributed by atoms with Crippen molar-refractivity contribution in [3.05, 3.63) is 64.5 Å². The summed E-state index contributed by atoms with van der Waals surface area (Å²) < 4.78 is 2.30. The van der Waals surface area contributed by atoms with Crippen LogP contribution in [0.4, 0.5) is 10.8 Å². The van der Waals surface area contributed by atoms with Gasteiger partial charge in [-0.1, -0.05) is 52.8 Å². The Morgan fingerprint density at radius 2 is 1.73 bits per heavy atom. The average Bonchev–Trinajstić information content (AvgIpc) is 2.93. The molecule has 112 valence electrons. The van der Waals surface area contributed by atoms with Crippen molar-refractivity contribution in [1.29, 1.82) is 0 Å². The third-order valence-corrected chi connectivity index (χ3v) is 4.72. The first-order valence-electron chi connectivity index (χ1n) is 7.28. The third kappa shape index (κ3) is 3.16. The lowest BCUT2D eigenvalue weighted by Crippen LogP contribution is -2.34. The van der Waals surface area contributed by atoms with Gasteiger partial charge in [0.15, 0.2) is 0 Å². The molecule has 3 rings (SSSR count). The van der Waals surface area contributed by atoms with E-state index in [1.54, 1.807) is 11.3 Å². The number of nitrogens with one attached hydrogen (secondary N) is 1. The molecule has 0 spiro atoms. The van der Waals surface area contributed by atoms with Gasteiger partial charge in [0, 0.05) is 16.0 Å². The molecule has 2 nitrogen and oxygen atoms in total. The van der Waals surface area contributed by atoms with Crippen molar-refractivity contribution in [2.45, 2.75) is 20.4 Å². The van der Waals surface area contributed by atoms with Gasteiger partial charge in [-0.2, -0.15) is 0 Å². The minimum atomic E-state index is 0.750. The van der Waals surface area contributed by atoms with Crippen molar-refractivity contribution in [3.8, 4) is 11.3 Å². The number of aryl methyl sites for hydroxylation is 1. The van der Waals surface area contributed by atoms with E-state index in [-0.39, 0.29) is 0 Å². The van der Waals surface area contributed by atoms with Crippen molar-refractivity contribution in [3.63, 3.8) is 0 Å². The highest BCUT2D eigenvalue weighted by Gasteiger charge is 2.18. The quantitative estimate of drug-likeness (QED) is 0.631. The minimum absolute atomic E-state index is 0.750. The van der Waals surface area contributed by atoms with Crippen LogP contribution in [0.2, 0.25) is 5.02 Å². The van der Waals surface area contributed by atoms with Crippen LogP contribution in [0.25, 0.3) is 11.3 Å². The second-order valence-corrected chi connectivity index (χ2v) is 6.46. The first-order valence-corrected chi connectivity index (χ1v) is 8.54. The maximum atomic E-state index is 5.94. The van der Waals surface area contributed by atoms with E-state index in [0.29, 0.717) is 0 Å². The van der Waals surface area contributed by atoms with E-state index in [2.05, 4.69) is 53.4 Å². The standard InChI is InChI=1S/C18H17ClN2S/c1-3-21-17(14-6-4-13(2)5-7-14)12-22-18(21)20-16-10-8-15(19)9-11-16/h4-12H,3H2,1-2H3/p+1. The van der Waals surface area contributed by atoms with Crippen molar-refractivity contribution >= 4 is 33.8 Å². The predicted molar refractivity (Wildman–Crippen MR) is 95.1 cm³/mol. The summed E-state index contributed by atoms with van der Waals surface area (Å²) >= 11 is 7.66. The zero-order valence-electron chi connectivity index (χ0n) is 12.6. The molecule has 2 aromatic carbocycles. The maximum Gasteiger partial charge on any atom is 0.339 e. The molecular formula is C18H18ClN2S+.